The van der Waals surface area contributed by atoms with E-state index in [0.717, 1.165) is 12.1 Å². The lowest BCUT2D eigenvalue weighted by molar-refractivity contribution is 0.333. The molecule has 1 unspecified atom stereocenters. The van der Waals surface area contributed by atoms with Crippen LogP contribution in [0.5, 0.6) is 0 Å². The van der Waals surface area contributed by atoms with Crippen molar-refractivity contribution in [2.75, 3.05) is 0 Å². The molecule has 2 aliphatic rings. The summed E-state index contributed by atoms with van der Waals surface area (Å²) in [6, 6.07) is 4.82. The molecule has 1 heterocycles. The fourth-order valence-corrected chi connectivity index (χ4v) is 3.78. The monoisotopic (exact) mass is 274 g/mol. The van der Waals surface area contributed by atoms with Crippen molar-refractivity contribution in [3.63, 3.8) is 0 Å². The molecule has 1 aromatic heterocycles. The summed E-state index contributed by atoms with van der Waals surface area (Å²) in [6.07, 6.45) is 13.0. The molecule has 0 bridgehead atoms. The zero-order valence-corrected chi connectivity index (χ0v) is 12.3. The number of hydrogen-bond acceptors (Lipinski definition) is 2. The van der Waals surface area contributed by atoms with Gasteiger partial charge in [0.05, 0.1) is 0 Å². The minimum absolute atomic E-state index is 0.0374. The van der Waals surface area contributed by atoms with Crippen LogP contribution in [0.25, 0.3) is 0 Å². The topological polar surface area (TPSA) is 44.9 Å². The molecule has 0 radical (unpaired) electrons. The van der Waals surface area contributed by atoms with Gasteiger partial charge in [0, 0.05) is 23.8 Å². The van der Waals surface area contributed by atoms with Gasteiger partial charge in [0.2, 0.25) is 5.56 Å². The van der Waals surface area contributed by atoms with Crippen LogP contribution in [0.15, 0.2) is 16.9 Å². The van der Waals surface area contributed by atoms with Gasteiger partial charge in [-0.3, -0.25) is 4.79 Å². The van der Waals surface area contributed by atoms with Gasteiger partial charge in [-0.25, -0.2) is 0 Å². The number of H-pyrrole nitrogens is 1. The molecule has 1 saturated carbocycles. The Balaban J connectivity index is 1.70. The van der Waals surface area contributed by atoms with Crippen molar-refractivity contribution < 1.29 is 0 Å². The third kappa shape index (κ3) is 3.32. The van der Waals surface area contributed by atoms with Gasteiger partial charge in [-0.1, -0.05) is 38.2 Å². The Kier molecular flexibility index (Phi) is 4.56. The third-order valence-electron chi connectivity index (χ3n) is 4.87. The normalized spacial score (nSPS) is 24.7. The van der Waals surface area contributed by atoms with Crippen molar-refractivity contribution in [3.8, 4) is 0 Å². The standard InChI is InChI=1S/C17H26N2O/c20-17-12-11-14-15(9-6-10-16(14)19-17)18-13-7-4-2-1-3-5-8-13/h11-13,15,18H,1-10H2,(H,19,20). The van der Waals surface area contributed by atoms with Crippen LogP contribution in [-0.2, 0) is 6.42 Å². The van der Waals surface area contributed by atoms with Gasteiger partial charge in [-0.2, -0.15) is 0 Å². The van der Waals surface area contributed by atoms with E-state index in [-0.39, 0.29) is 5.56 Å². The SMILES string of the molecule is O=c1ccc2c([nH]1)CCCC2NC1CCCCCCC1. The lowest BCUT2D eigenvalue weighted by atomic mass is 9.89. The maximum Gasteiger partial charge on any atom is 0.248 e. The zero-order chi connectivity index (χ0) is 13.8. The van der Waals surface area contributed by atoms with Gasteiger partial charge in [0.15, 0.2) is 0 Å². The first-order valence-electron chi connectivity index (χ1n) is 8.31. The molecule has 20 heavy (non-hydrogen) atoms. The van der Waals surface area contributed by atoms with E-state index in [2.05, 4.69) is 10.3 Å². The van der Waals surface area contributed by atoms with E-state index in [9.17, 15) is 4.79 Å². The smallest absolute Gasteiger partial charge is 0.248 e. The van der Waals surface area contributed by atoms with Crippen LogP contribution in [-0.4, -0.2) is 11.0 Å². The van der Waals surface area contributed by atoms with E-state index in [1.807, 2.05) is 6.07 Å². The Morgan fingerprint density at radius 1 is 0.950 bits per heavy atom. The number of rotatable bonds is 2. The van der Waals surface area contributed by atoms with E-state index in [1.54, 1.807) is 6.07 Å². The maximum atomic E-state index is 11.4. The molecule has 2 N–H and O–H groups in total. The third-order valence-corrected chi connectivity index (χ3v) is 4.87. The molecule has 3 rings (SSSR count). The van der Waals surface area contributed by atoms with Crippen LogP contribution in [0.1, 0.15) is 75.1 Å². The second-order valence-electron chi connectivity index (χ2n) is 6.41. The van der Waals surface area contributed by atoms with Crippen LogP contribution < -0.4 is 10.9 Å². The molecule has 3 heteroatoms. The van der Waals surface area contributed by atoms with Gasteiger partial charge in [0.1, 0.15) is 0 Å². The highest BCUT2D eigenvalue weighted by atomic mass is 16.1. The van der Waals surface area contributed by atoms with Crippen LogP contribution in [0, 0.1) is 0 Å². The molecule has 0 saturated heterocycles. The molecule has 0 amide bonds. The number of nitrogens with one attached hydrogen (secondary N) is 2. The first-order valence-corrected chi connectivity index (χ1v) is 8.31. The highest BCUT2D eigenvalue weighted by Gasteiger charge is 2.23. The lowest BCUT2D eigenvalue weighted by Gasteiger charge is -2.31. The molecule has 1 fully saturated rings. The summed E-state index contributed by atoms with van der Waals surface area (Å²) >= 11 is 0. The highest BCUT2D eigenvalue weighted by Crippen LogP contribution is 2.29. The van der Waals surface area contributed by atoms with E-state index in [4.69, 9.17) is 0 Å². The Bertz CT molecular complexity index is 486. The number of fused-ring (bicyclic) bond motifs is 1. The Labute approximate surface area is 121 Å². The van der Waals surface area contributed by atoms with E-state index >= 15 is 0 Å². The largest absolute Gasteiger partial charge is 0.326 e. The van der Waals surface area contributed by atoms with Crippen LogP contribution in [0.3, 0.4) is 0 Å². The Morgan fingerprint density at radius 2 is 1.70 bits per heavy atom. The summed E-state index contributed by atoms with van der Waals surface area (Å²) in [5, 5.41) is 3.88. The van der Waals surface area contributed by atoms with Crippen LogP contribution in [0.4, 0.5) is 0 Å². The van der Waals surface area contributed by atoms with E-state index < -0.39 is 0 Å². The van der Waals surface area contributed by atoms with Crippen molar-refractivity contribution >= 4 is 0 Å². The molecule has 1 atom stereocenters. The predicted molar refractivity (Wildman–Crippen MR) is 82.0 cm³/mol. The summed E-state index contributed by atoms with van der Waals surface area (Å²) in [4.78, 5) is 14.5. The summed E-state index contributed by atoms with van der Waals surface area (Å²) in [5.41, 5.74) is 2.53. The molecule has 0 aromatic carbocycles. The van der Waals surface area contributed by atoms with Crippen molar-refractivity contribution in [1.29, 1.82) is 0 Å². The summed E-state index contributed by atoms with van der Waals surface area (Å²) in [5.74, 6) is 0. The molecule has 0 aliphatic heterocycles. The minimum Gasteiger partial charge on any atom is -0.326 e. The lowest BCUT2D eigenvalue weighted by Crippen LogP contribution is -2.35. The molecule has 1 aromatic rings. The fourth-order valence-electron chi connectivity index (χ4n) is 3.78. The summed E-state index contributed by atoms with van der Waals surface area (Å²) in [6.45, 7) is 0. The van der Waals surface area contributed by atoms with Gasteiger partial charge < -0.3 is 10.3 Å². The highest BCUT2D eigenvalue weighted by molar-refractivity contribution is 5.26. The van der Waals surface area contributed by atoms with E-state index in [0.29, 0.717) is 12.1 Å². The number of aryl methyl sites for hydroxylation is 1. The number of pyridine rings is 1. The minimum atomic E-state index is 0.0374. The molecule has 2 aliphatic carbocycles. The van der Waals surface area contributed by atoms with Crippen molar-refractivity contribution in [2.24, 2.45) is 0 Å². The predicted octanol–water partition coefficient (Wildman–Crippen LogP) is 3.45. The summed E-state index contributed by atoms with van der Waals surface area (Å²) in [7, 11) is 0. The molecule has 110 valence electrons. The summed E-state index contributed by atoms with van der Waals surface area (Å²) < 4.78 is 0. The number of aromatic amines is 1. The van der Waals surface area contributed by atoms with Gasteiger partial charge in [0.25, 0.3) is 0 Å². The maximum absolute atomic E-state index is 11.4. The van der Waals surface area contributed by atoms with E-state index in [1.165, 1.54) is 63.4 Å². The second kappa shape index (κ2) is 6.57. The van der Waals surface area contributed by atoms with Crippen molar-refractivity contribution in [3.05, 3.63) is 33.7 Å². The average Bonchev–Trinajstić information content (AvgIpc) is 2.41. The second-order valence-corrected chi connectivity index (χ2v) is 6.41. The average molecular weight is 274 g/mol. The van der Waals surface area contributed by atoms with Gasteiger partial charge in [-0.05, 0) is 37.7 Å². The molecule has 0 spiro atoms. The van der Waals surface area contributed by atoms with Crippen molar-refractivity contribution in [2.45, 2.75) is 76.3 Å². The first kappa shape index (κ1) is 13.9. The fraction of sp³-hybridized carbons (Fsp3) is 0.706. The number of hydrogen-bond donors (Lipinski definition) is 2. The quantitative estimate of drug-likeness (QED) is 0.867. The number of aromatic nitrogens is 1. The van der Waals surface area contributed by atoms with Crippen molar-refractivity contribution in [1.82, 2.24) is 10.3 Å². The van der Waals surface area contributed by atoms with Gasteiger partial charge in [-0.15, -0.1) is 0 Å². The van der Waals surface area contributed by atoms with Crippen LogP contribution in [0.2, 0.25) is 0 Å². The first-order chi connectivity index (χ1) is 9.83. The molecular weight excluding hydrogens is 248 g/mol. The Morgan fingerprint density at radius 3 is 2.50 bits per heavy atom. The zero-order valence-electron chi connectivity index (χ0n) is 12.3. The Hall–Kier alpha value is -1.09. The van der Waals surface area contributed by atoms with Gasteiger partial charge >= 0.3 is 0 Å². The molecular formula is C17H26N2O. The van der Waals surface area contributed by atoms with Crippen LogP contribution >= 0.6 is 0 Å². The molecule has 3 nitrogen and oxygen atoms in total.